The fourth-order valence-corrected chi connectivity index (χ4v) is 3.23. The molecule has 1 aliphatic rings. The Balaban J connectivity index is 2.09. The molecule has 0 unspecified atom stereocenters. The summed E-state index contributed by atoms with van der Waals surface area (Å²) in [6.07, 6.45) is 1.86. The molecule has 1 aliphatic heterocycles. The van der Waals surface area contributed by atoms with Gasteiger partial charge in [0.2, 0.25) is 0 Å². The minimum Gasteiger partial charge on any atom is -0.399 e. The van der Waals surface area contributed by atoms with Crippen LogP contribution in [-0.4, -0.2) is 22.9 Å². The van der Waals surface area contributed by atoms with E-state index in [0.717, 1.165) is 15.5 Å². The molecule has 0 N–H and O–H groups in total. The predicted molar refractivity (Wildman–Crippen MR) is 82.8 cm³/mol. The summed E-state index contributed by atoms with van der Waals surface area (Å²) in [6.45, 7) is 8.16. The van der Waals surface area contributed by atoms with E-state index in [2.05, 4.69) is 0 Å². The molecule has 0 atom stereocenters. The number of hydrogen-bond donors (Lipinski definition) is 0. The van der Waals surface area contributed by atoms with Crippen LogP contribution in [0.15, 0.2) is 22.4 Å². The number of aromatic nitrogens is 1. The first kappa shape index (κ1) is 13.9. The number of pyridine rings is 1. The van der Waals surface area contributed by atoms with E-state index in [9.17, 15) is 4.79 Å². The van der Waals surface area contributed by atoms with Gasteiger partial charge in [-0.05, 0) is 33.1 Å². The Hall–Kier alpha value is -1.11. The van der Waals surface area contributed by atoms with Crippen molar-refractivity contribution in [3.05, 3.63) is 28.0 Å². The van der Waals surface area contributed by atoms with Crippen molar-refractivity contribution in [3.8, 4) is 0 Å². The van der Waals surface area contributed by atoms with Gasteiger partial charge in [0.1, 0.15) is 0 Å². The van der Waals surface area contributed by atoms with E-state index >= 15 is 0 Å². The standard InChI is InChI=1S/C14H18BNO3S/c1-13(2)14(3,4)19-15(18-13)10-8-20-11-6-12(17)16(5)7-9(10)11/h6-8H,1-5H3. The second kappa shape index (κ2) is 4.19. The number of fused-ring (bicyclic) bond motifs is 1. The first-order valence-corrected chi connectivity index (χ1v) is 7.53. The molecule has 0 bridgehead atoms. The van der Waals surface area contributed by atoms with Crippen molar-refractivity contribution in [1.29, 1.82) is 0 Å². The van der Waals surface area contributed by atoms with E-state index in [1.807, 2.05) is 39.3 Å². The zero-order chi connectivity index (χ0) is 14.7. The van der Waals surface area contributed by atoms with Crippen molar-refractivity contribution in [2.45, 2.75) is 38.9 Å². The zero-order valence-electron chi connectivity index (χ0n) is 12.4. The third-order valence-corrected chi connectivity index (χ3v) is 5.28. The van der Waals surface area contributed by atoms with Crippen molar-refractivity contribution < 1.29 is 9.31 Å². The Morgan fingerprint density at radius 2 is 1.80 bits per heavy atom. The number of hydrogen-bond acceptors (Lipinski definition) is 4. The Bertz CT molecular complexity index is 716. The van der Waals surface area contributed by atoms with Crippen LogP contribution in [0.4, 0.5) is 0 Å². The fraction of sp³-hybridized carbons (Fsp3) is 0.500. The van der Waals surface area contributed by atoms with Gasteiger partial charge in [-0.1, -0.05) is 0 Å². The predicted octanol–water partition coefficient (Wildman–Crippen LogP) is 1.90. The van der Waals surface area contributed by atoms with Crippen LogP contribution in [0.2, 0.25) is 0 Å². The molecule has 0 aromatic carbocycles. The molecule has 4 nitrogen and oxygen atoms in total. The van der Waals surface area contributed by atoms with E-state index in [1.165, 1.54) is 0 Å². The van der Waals surface area contributed by atoms with Gasteiger partial charge in [-0.15, -0.1) is 11.3 Å². The molecule has 2 aromatic rings. The monoisotopic (exact) mass is 291 g/mol. The molecule has 1 saturated heterocycles. The van der Waals surface area contributed by atoms with Gasteiger partial charge in [0.15, 0.2) is 0 Å². The van der Waals surface area contributed by atoms with Gasteiger partial charge in [-0.25, -0.2) is 0 Å². The summed E-state index contributed by atoms with van der Waals surface area (Å²) >= 11 is 1.55. The topological polar surface area (TPSA) is 40.5 Å². The highest BCUT2D eigenvalue weighted by Crippen LogP contribution is 2.37. The van der Waals surface area contributed by atoms with Gasteiger partial charge in [0.05, 0.1) is 11.2 Å². The summed E-state index contributed by atoms with van der Waals surface area (Å²) in [4.78, 5) is 11.7. The van der Waals surface area contributed by atoms with Gasteiger partial charge in [-0.2, -0.15) is 0 Å². The normalized spacial score (nSPS) is 20.8. The molecule has 20 heavy (non-hydrogen) atoms. The van der Waals surface area contributed by atoms with Crippen LogP contribution in [0.1, 0.15) is 27.7 Å². The SMILES string of the molecule is Cn1cc2c(B3OC(C)(C)C(C)(C)O3)csc2cc1=O. The average molecular weight is 291 g/mol. The smallest absolute Gasteiger partial charge is 0.399 e. The molecule has 0 radical (unpaired) electrons. The highest BCUT2D eigenvalue weighted by atomic mass is 32.1. The van der Waals surface area contributed by atoms with Crippen molar-refractivity contribution in [2.75, 3.05) is 0 Å². The van der Waals surface area contributed by atoms with E-state index in [-0.39, 0.29) is 23.9 Å². The van der Waals surface area contributed by atoms with E-state index in [4.69, 9.17) is 9.31 Å². The van der Waals surface area contributed by atoms with Crippen molar-refractivity contribution in [2.24, 2.45) is 7.05 Å². The van der Waals surface area contributed by atoms with Crippen LogP contribution in [-0.2, 0) is 16.4 Å². The summed E-state index contributed by atoms with van der Waals surface area (Å²) in [6, 6.07) is 1.66. The highest BCUT2D eigenvalue weighted by Gasteiger charge is 2.52. The highest BCUT2D eigenvalue weighted by molar-refractivity contribution is 7.18. The van der Waals surface area contributed by atoms with Gasteiger partial charge in [0, 0.05) is 34.9 Å². The van der Waals surface area contributed by atoms with Crippen LogP contribution in [0, 0.1) is 0 Å². The molecule has 3 rings (SSSR count). The minimum absolute atomic E-state index is 0.000168. The zero-order valence-corrected chi connectivity index (χ0v) is 13.2. The third kappa shape index (κ3) is 1.94. The van der Waals surface area contributed by atoms with Gasteiger partial charge in [-0.3, -0.25) is 4.79 Å². The second-order valence-electron chi connectivity index (χ2n) is 6.28. The molecule has 6 heteroatoms. The van der Waals surface area contributed by atoms with Gasteiger partial charge >= 0.3 is 7.12 Å². The molecule has 1 fully saturated rings. The number of thiophene rings is 1. The van der Waals surface area contributed by atoms with Crippen molar-refractivity contribution in [3.63, 3.8) is 0 Å². The van der Waals surface area contributed by atoms with Crippen molar-refractivity contribution >= 4 is 34.0 Å². The maximum absolute atomic E-state index is 11.7. The van der Waals surface area contributed by atoms with E-state index < -0.39 is 0 Å². The van der Waals surface area contributed by atoms with Crippen molar-refractivity contribution in [1.82, 2.24) is 4.57 Å². The lowest BCUT2D eigenvalue weighted by atomic mass is 9.79. The quantitative estimate of drug-likeness (QED) is 0.753. The summed E-state index contributed by atoms with van der Waals surface area (Å²) in [5.41, 5.74) is 0.290. The molecule has 3 heterocycles. The number of nitrogens with zero attached hydrogens (tertiary/aromatic N) is 1. The molecule has 2 aromatic heterocycles. The van der Waals surface area contributed by atoms with Crippen LogP contribution < -0.4 is 11.0 Å². The van der Waals surface area contributed by atoms with E-state index in [0.29, 0.717) is 0 Å². The molecule has 0 spiro atoms. The lowest BCUT2D eigenvalue weighted by Crippen LogP contribution is -2.41. The average Bonchev–Trinajstić information content (AvgIpc) is 2.79. The van der Waals surface area contributed by atoms with Crippen LogP contribution >= 0.6 is 11.3 Å². The minimum atomic E-state index is -0.383. The maximum atomic E-state index is 11.7. The summed E-state index contributed by atoms with van der Waals surface area (Å²) in [7, 11) is 1.37. The molecule has 0 saturated carbocycles. The largest absolute Gasteiger partial charge is 0.496 e. The van der Waals surface area contributed by atoms with Crippen LogP contribution in [0.3, 0.4) is 0 Å². The Morgan fingerprint density at radius 1 is 1.20 bits per heavy atom. The molecular formula is C14H18BNO3S. The lowest BCUT2D eigenvalue weighted by Gasteiger charge is -2.32. The summed E-state index contributed by atoms with van der Waals surface area (Å²) < 4.78 is 14.7. The summed E-state index contributed by atoms with van der Waals surface area (Å²) in [5, 5.41) is 3.04. The summed E-state index contributed by atoms with van der Waals surface area (Å²) in [5.74, 6) is 0. The van der Waals surface area contributed by atoms with Gasteiger partial charge in [0.25, 0.3) is 5.56 Å². The van der Waals surface area contributed by atoms with Gasteiger partial charge < -0.3 is 13.9 Å². The Kier molecular flexibility index (Phi) is 2.91. The van der Waals surface area contributed by atoms with E-state index in [1.54, 1.807) is 29.0 Å². The molecule has 106 valence electrons. The first-order valence-electron chi connectivity index (χ1n) is 6.65. The van der Waals surface area contributed by atoms with Crippen LogP contribution in [0.5, 0.6) is 0 Å². The lowest BCUT2D eigenvalue weighted by molar-refractivity contribution is 0.00578. The Morgan fingerprint density at radius 3 is 2.40 bits per heavy atom. The van der Waals surface area contributed by atoms with Crippen LogP contribution in [0.25, 0.3) is 10.1 Å². The maximum Gasteiger partial charge on any atom is 0.496 e. The first-order chi connectivity index (χ1) is 9.21. The second-order valence-corrected chi connectivity index (χ2v) is 7.19. The molecular weight excluding hydrogens is 273 g/mol. The molecule has 0 aliphatic carbocycles. The third-order valence-electron chi connectivity index (χ3n) is 4.32. The fourth-order valence-electron chi connectivity index (χ4n) is 2.27. The number of rotatable bonds is 1. The Labute approximate surface area is 122 Å². The molecule has 0 amide bonds. The number of aryl methyl sites for hydroxylation is 1.